The third kappa shape index (κ3) is 4.07. The fourth-order valence-electron chi connectivity index (χ4n) is 3.18. The largest absolute Gasteiger partial charge is 0.336 e. The molecular formula is C16H29N3. The average Bonchev–Trinajstić information content (AvgIpc) is 2.92. The van der Waals surface area contributed by atoms with Crippen molar-refractivity contribution < 1.29 is 0 Å². The minimum absolute atomic E-state index is 0.530. The van der Waals surface area contributed by atoms with Gasteiger partial charge >= 0.3 is 0 Å². The SMILES string of the molecule is CCC(C)(C)C1CCC(NCCn2ccnc2)CC1. The predicted octanol–water partition coefficient (Wildman–Crippen LogP) is 3.47. The second-order valence-electron chi connectivity index (χ2n) is 6.65. The van der Waals surface area contributed by atoms with E-state index in [2.05, 4.69) is 35.6 Å². The van der Waals surface area contributed by atoms with Crippen LogP contribution in [0.15, 0.2) is 18.7 Å². The van der Waals surface area contributed by atoms with Crippen LogP contribution in [0.3, 0.4) is 0 Å². The molecule has 0 aromatic carbocycles. The molecule has 0 unspecified atom stereocenters. The van der Waals surface area contributed by atoms with Crippen molar-refractivity contribution in [1.82, 2.24) is 14.9 Å². The topological polar surface area (TPSA) is 29.9 Å². The zero-order valence-corrected chi connectivity index (χ0v) is 12.7. The first-order valence-electron chi connectivity index (χ1n) is 7.81. The number of rotatable bonds is 6. The number of nitrogens with zero attached hydrogens (tertiary/aromatic N) is 2. The van der Waals surface area contributed by atoms with Crippen molar-refractivity contribution in [3.05, 3.63) is 18.7 Å². The van der Waals surface area contributed by atoms with Crippen molar-refractivity contribution in [2.24, 2.45) is 11.3 Å². The Morgan fingerprint density at radius 3 is 2.58 bits per heavy atom. The molecule has 1 heterocycles. The molecule has 1 aromatic heterocycles. The van der Waals surface area contributed by atoms with Gasteiger partial charge in [0.15, 0.2) is 0 Å². The molecule has 0 spiro atoms. The molecule has 1 aliphatic rings. The smallest absolute Gasteiger partial charge is 0.0946 e. The highest BCUT2D eigenvalue weighted by Crippen LogP contribution is 2.40. The highest BCUT2D eigenvalue weighted by Gasteiger charge is 2.31. The van der Waals surface area contributed by atoms with Crippen molar-refractivity contribution in [2.45, 2.75) is 65.5 Å². The summed E-state index contributed by atoms with van der Waals surface area (Å²) in [5.74, 6) is 0.921. The van der Waals surface area contributed by atoms with Gasteiger partial charge in [-0.15, -0.1) is 0 Å². The van der Waals surface area contributed by atoms with Gasteiger partial charge in [0.25, 0.3) is 0 Å². The van der Waals surface area contributed by atoms with Crippen LogP contribution in [-0.2, 0) is 6.54 Å². The summed E-state index contributed by atoms with van der Waals surface area (Å²) in [6.45, 7) is 9.29. The first-order valence-corrected chi connectivity index (χ1v) is 7.81. The van der Waals surface area contributed by atoms with Gasteiger partial charge in [-0.1, -0.05) is 27.2 Å². The van der Waals surface area contributed by atoms with Crippen molar-refractivity contribution >= 4 is 0 Å². The van der Waals surface area contributed by atoms with Gasteiger partial charge in [-0.05, 0) is 37.0 Å². The van der Waals surface area contributed by atoms with Crippen LogP contribution in [0.25, 0.3) is 0 Å². The second-order valence-corrected chi connectivity index (χ2v) is 6.65. The quantitative estimate of drug-likeness (QED) is 0.851. The maximum absolute atomic E-state index is 4.07. The van der Waals surface area contributed by atoms with Crippen LogP contribution >= 0.6 is 0 Å². The van der Waals surface area contributed by atoms with Gasteiger partial charge in [0.2, 0.25) is 0 Å². The maximum atomic E-state index is 4.07. The number of imidazole rings is 1. The molecular weight excluding hydrogens is 234 g/mol. The summed E-state index contributed by atoms with van der Waals surface area (Å²) in [7, 11) is 0. The normalized spacial score (nSPS) is 24.6. The van der Waals surface area contributed by atoms with Gasteiger partial charge in [-0.25, -0.2) is 4.98 Å². The lowest BCUT2D eigenvalue weighted by Gasteiger charge is -2.39. The lowest BCUT2D eigenvalue weighted by Crippen LogP contribution is -2.38. The maximum Gasteiger partial charge on any atom is 0.0946 e. The third-order valence-electron chi connectivity index (χ3n) is 5.11. The van der Waals surface area contributed by atoms with E-state index in [9.17, 15) is 0 Å². The summed E-state index contributed by atoms with van der Waals surface area (Å²) in [5, 5.41) is 3.70. The molecule has 0 radical (unpaired) electrons. The highest BCUT2D eigenvalue weighted by molar-refractivity contribution is 4.85. The highest BCUT2D eigenvalue weighted by atomic mass is 15.0. The van der Waals surface area contributed by atoms with E-state index >= 15 is 0 Å². The Labute approximate surface area is 117 Å². The Bertz CT molecular complexity index is 348. The van der Waals surface area contributed by atoms with Gasteiger partial charge in [0.1, 0.15) is 0 Å². The molecule has 1 fully saturated rings. The van der Waals surface area contributed by atoms with E-state index in [0.29, 0.717) is 5.41 Å². The Kier molecular flexibility index (Phi) is 5.03. The molecule has 0 aliphatic heterocycles. The molecule has 1 saturated carbocycles. The second kappa shape index (κ2) is 6.56. The lowest BCUT2D eigenvalue weighted by atomic mass is 9.69. The molecule has 1 aromatic rings. The van der Waals surface area contributed by atoms with Gasteiger partial charge in [0.05, 0.1) is 6.33 Å². The van der Waals surface area contributed by atoms with E-state index in [1.807, 2.05) is 18.7 Å². The number of aromatic nitrogens is 2. The Morgan fingerprint density at radius 1 is 1.26 bits per heavy atom. The van der Waals surface area contributed by atoms with Crippen molar-refractivity contribution in [2.75, 3.05) is 6.54 Å². The van der Waals surface area contributed by atoms with Crippen LogP contribution in [0.2, 0.25) is 0 Å². The number of nitrogens with one attached hydrogen (secondary N) is 1. The molecule has 0 bridgehead atoms. The number of hydrogen-bond donors (Lipinski definition) is 1. The predicted molar refractivity (Wildman–Crippen MR) is 80.0 cm³/mol. The molecule has 2 rings (SSSR count). The van der Waals surface area contributed by atoms with E-state index in [0.717, 1.165) is 25.0 Å². The molecule has 108 valence electrons. The van der Waals surface area contributed by atoms with Crippen LogP contribution in [0.1, 0.15) is 52.9 Å². The standard InChI is InChI=1S/C16H29N3/c1-4-16(2,3)14-5-7-15(8-6-14)18-10-12-19-11-9-17-13-19/h9,11,13-15,18H,4-8,10,12H2,1-3H3. The molecule has 0 saturated heterocycles. The zero-order chi connectivity index (χ0) is 13.7. The fourth-order valence-corrected chi connectivity index (χ4v) is 3.18. The molecule has 1 N–H and O–H groups in total. The minimum atomic E-state index is 0.530. The van der Waals surface area contributed by atoms with Crippen LogP contribution < -0.4 is 5.32 Å². The summed E-state index contributed by atoms with van der Waals surface area (Å²) in [6.07, 6.45) is 12.5. The van der Waals surface area contributed by atoms with E-state index in [-0.39, 0.29) is 0 Å². The molecule has 0 atom stereocenters. The third-order valence-corrected chi connectivity index (χ3v) is 5.11. The average molecular weight is 263 g/mol. The van der Waals surface area contributed by atoms with Crippen LogP contribution in [0, 0.1) is 11.3 Å². The summed E-state index contributed by atoms with van der Waals surface area (Å²) < 4.78 is 2.14. The monoisotopic (exact) mass is 263 g/mol. The van der Waals surface area contributed by atoms with Gasteiger partial charge in [-0.3, -0.25) is 0 Å². The van der Waals surface area contributed by atoms with Crippen molar-refractivity contribution in [3.63, 3.8) is 0 Å². The van der Waals surface area contributed by atoms with Gasteiger partial charge in [0, 0.05) is 31.5 Å². The summed E-state index contributed by atoms with van der Waals surface area (Å²) >= 11 is 0. The number of hydrogen-bond acceptors (Lipinski definition) is 2. The molecule has 3 heteroatoms. The van der Waals surface area contributed by atoms with Crippen molar-refractivity contribution in [3.8, 4) is 0 Å². The fraction of sp³-hybridized carbons (Fsp3) is 0.812. The van der Waals surface area contributed by atoms with Crippen LogP contribution in [-0.4, -0.2) is 22.1 Å². The molecule has 0 amide bonds. The minimum Gasteiger partial charge on any atom is -0.336 e. The van der Waals surface area contributed by atoms with E-state index in [1.165, 1.54) is 32.1 Å². The van der Waals surface area contributed by atoms with Crippen LogP contribution in [0.4, 0.5) is 0 Å². The first kappa shape index (κ1) is 14.6. The first-order chi connectivity index (χ1) is 9.12. The molecule has 19 heavy (non-hydrogen) atoms. The van der Waals surface area contributed by atoms with Gasteiger partial charge < -0.3 is 9.88 Å². The zero-order valence-electron chi connectivity index (χ0n) is 12.7. The van der Waals surface area contributed by atoms with Crippen LogP contribution in [0.5, 0.6) is 0 Å². The lowest BCUT2D eigenvalue weighted by molar-refractivity contribution is 0.137. The van der Waals surface area contributed by atoms with Crippen molar-refractivity contribution in [1.29, 1.82) is 0 Å². The Hall–Kier alpha value is -0.830. The van der Waals surface area contributed by atoms with E-state index in [1.54, 1.807) is 0 Å². The summed E-state index contributed by atoms with van der Waals surface area (Å²) in [5.41, 5.74) is 0.530. The summed E-state index contributed by atoms with van der Waals surface area (Å²) in [4.78, 5) is 4.07. The molecule has 1 aliphatic carbocycles. The molecule has 3 nitrogen and oxygen atoms in total. The van der Waals surface area contributed by atoms with E-state index < -0.39 is 0 Å². The Morgan fingerprint density at radius 2 is 2.00 bits per heavy atom. The summed E-state index contributed by atoms with van der Waals surface area (Å²) in [6, 6.07) is 0.729. The Balaban J connectivity index is 1.66. The van der Waals surface area contributed by atoms with Gasteiger partial charge in [-0.2, -0.15) is 0 Å². The van der Waals surface area contributed by atoms with E-state index in [4.69, 9.17) is 0 Å².